The summed E-state index contributed by atoms with van der Waals surface area (Å²) >= 11 is 0. The lowest BCUT2D eigenvalue weighted by Gasteiger charge is -2.32. The van der Waals surface area contributed by atoms with Crippen molar-refractivity contribution in [1.82, 2.24) is 9.97 Å². The van der Waals surface area contributed by atoms with Crippen LogP contribution in [-0.4, -0.2) is 34.1 Å². The van der Waals surface area contributed by atoms with E-state index in [-0.39, 0.29) is 24.4 Å². The number of hydrogen-bond acceptors (Lipinski definition) is 4. The molecule has 1 saturated heterocycles. The van der Waals surface area contributed by atoms with Gasteiger partial charge in [-0.25, -0.2) is 9.97 Å². The summed E-state index contributed by atoms with van der Waals surface area (Å²) in [5.74, 6) is -1.65. The van der Waals surface area contributed by atoms with E-state index in [0.29, 0.717) is 18.4 Å². The molecular weight excluding hydrogens is 311 g/mol. The SMILES string of the molecule is O=C(O)C1CCN(c2nc3ccccc3nc2C(F)(F)F)CC1. The first-order valence-electron chi connectivity index (χ1n) is 7.18. The zero-order valence-electron chi connectivity index (χ0n) is 12.0. The number of anilines is 1. The monoisotopic (exact) mass is 325 g/mol. The Morgan fingerprint density at radius 2 is 1.70 bits per heavy atom. The van der Waals surface area contributed by atoms with E-state index in [1.807, 2.05) is 0 Å². The van der Waals surface area contributed by atoms with Gasteiger partial charge >= 0.3 is 12.1 Å². The first kappa shape index (κ1) is 15.5. The maximum atomic E-state index is 13.3. The number of aromatic nitrogens is 2. The molecule has 0 atom stereocenters. The number of rotatable bonds is 2. The largest absolute Gasteiger partial charge is 0.481 e. The van der Waals surface area contributed by atoms with E-state index < -0.39 is 23.8 Å². The molecule has 8 heteroatoms. The Kier molecular flexibility index (Phi) is 3.83. The molecule has 2 heterocycles. The molecule has 5 nitrogen and oxygen atoms in total. The van der Waals surface area contributed by atoms with E-state index in [1.54, 1.807) is 18.2 Å². The predicted octanol–water partition coefficient (Wildman–Crippen LogP) is 2.95. The molecule has 1 N–H and O–H groups in total. The number of para-hydroxylation sites is 2. The summed E-state index contributed by atoms with van der Waals surface area (Å²) in [5.41, 5.74) is -0.454. The van der Waals surface area contributed by atoms with E-state index in [4.69, 9.17) is 5.11 Å². The topological polar surface area (TPSA) is 66.3 Å². The Bertz CT molecular complexity index is 740. The second-order valence-electron chi connectivity index (χ2n) is 5.48. The van der Waals surface area contributed by atoms with Crippen LogP contribution >= 0.6 is 0 Å². The molecule has 0 amide bonds. The smallest absolute Gasteiger partial charge is 0.437 e. The summed E-state index contributed by atoms with van der Waals surface area (Å²) in [7, 11) is 0. The number of carbonyl (C=O) groups is 1. The van der Waals surface area contributed by atoms with Crippen LogP contribution in [0.1, 0.15) is 18.5 Å². The number of piperidine rings is 1. The Labute approximate surface area is 129 Å². The Morgan fingerprint density at radius 1 is 1.13 bits per heavy atom. The lowest BCUT2D eigenvalue weighted by molar-refractivity contribution is -0.143. The zero-order chi connectivity index (χ0) is 16.6. The third kappa shape index (κ3) is 3.06. The summed E-state index contributed by atoms with van der Waals surface area (Å²) in [6, 6.07) is 6.38. The van der Waals surface area contributed by atoms with E-state index in [2.05, 4.69) is 9.97 Å². The second-order valence-corrected chi connectivity index (χ2v) is 5.48. The lowest BCUT2D eigenvalue weighted by Crippen LogP contribution is -2.38. The molecule has 1 aliphatic heterocycles. The molecule has 0 radical (unpaired) electrons. The molecule has 0 saturated carbocycles. The quantitative estimate of drug-likeness (QED) is 0.919. The highest BCUT2D eigenvalue weighted by Crippen LogP contribution is 2.36. The van der Waals surface area contributed by atoms with E-state index in [9.17, 15) is 18.0 Å². The second kappa shape index (κ2) is 5.68. The normalized spacial score (nSPS) is 16.7. The molecule has 122 valence electrons. The molecule has 2 aromatic rings. The molecule has 0 aliphatic carbocycles. The van der Waals surface area contributed by atoms with Gasteiger partial charge in [-0.1, -0.05) is 12.1 Å². The number of fused-ring (bicyclic) bond motifs is 1. The number of carboxylic acids is 1. The van der Waals surface area contributed by atoms with Crippen LogP contribution in [0, 0.1) is 5.92 Å². The number of hydrogen-bond donors (Lipinski definition) is 1. The van der Waals surface area contributed by atoms with Crippen LogP contribution in [0.25, 0.3) is 11.0 Å². The maximum absolute atomic E-state index is 13.3. The van der Waals surface area contributed by atoms with Crippen LogP contribution in [0.5, 0.6) is 0 Å². The van der Waals surface area contributed by atoms with Crippen LogP contribution in [0.4, 0.5) is 19.0 Å². The van der Waals surface area contributed by atoms with Gasteiger partial charge < -0.3 is 10.0 Å². The van der Waals surface area contributed by atoms with Crippen molar-refractivity contribution in [3.8, 4) is 0 Å². The number of benzene rings is 1. The van der Waals surface area contributed by atoms with Crippen molar-refractivity contribution < 1.29 is 23.1 Å². The molecule has 1 aromatic carbocycles. The van der Waals surface area contributed by atoms with Crippen molar-refractivity contribution >= 4 is 22.8 Å². The molecule has 1 fully saturated rings. The molecule has 0 unspecified atom stereocenters. The predicted molar refractivity (Wildman–Crippen MR) is 77.1 cm³/mol. The molecule has 0 bridgehead atoms. The zero-order valence-corrected chi connectivity index (χ0v) is 12.0. The van der Waals surface area contributed by atoms with Crippen molar-refractivity contribution in [1.29, 1.82) is 0 Å². The van der Waals surface area contributed by atoms with Gasteiger partial charge in [0.1, 0.15) is 0 Å². The average Bonchev–Trinajstić information content (AvgIpc) is 2.53. The summed E-state index contributed by atoms with van der Waals surface area (Å²) in [5, 5.41) is 8.99. The molecule has 3 rings (SSSR count). The minimum atomic E-state index is -4.62. The number of nitrogens with zero attached hydrogens (tertiary/aromatic N) is 3. The highest BCUT2D eigenvalue weighted by atomic mass is 19.4. The fourth-order valence-corrected chi connectivity index (χ4v) is 2.74. The highest BCUT2D eigenvalue weighted by molar-refractivity contribution is 5.77. The summed E-state index contributed by atoms with van der Waals surface area (Å²) in [6.45, 7) is 0.431. The van der Waals surface area contributed by atoms with Crippen molar-refractivity contribution in [3.63, 3.8) is 0 Å². The Morgan fingerprint density at radius 3 is 2.22 bits per heavy atom. The van der Waals surface area contributed by atoms with Gasteiger partial charge in [-0.15, -0.1) is 0 Å². The van der Waals surface area contributed by atoms with Gasteiger partial charge in [0.2, 0.25) is 0 Å². The molecule has 23 heavy (non-hydrogen) atoms. The highest BCUT2D eigenvalue weighted by Gasteiger charge is 2.39. The lowest BCUT2D eigenvalue weighted by atomic mass is 9.97. The number of aliphatic carboxylic acids is 1. The van der Waals surface area contributed by atoms with Crippen molar-refractivity contribution in [2.45, 2.75) is 19.0 Å². The number of alkyl halides is 3. The van der Waals surface area contributed by atoms with Gasteiger partial charge in [0.15, 0.2) is 11.5 Å². The Balaban J connectivity index is 2.00. The fourth-order valence-electron chi connectivity index (χ4n) is 2.74. The van der Waals surface area contributed by atoms with Crippen LogP contribution in [0.3, 0.4) is 0 Å². The van der Waals surface area contributed by atoms with Crippen molar-refractivity contribution in [3.05, 3.63) is 30.0 Å². The van der Waals surface area contributed by atoms with Gasteiger partial charge in [0.25, 0.3) is 0 Å². The van der Waals surface area contributed by atoms with Crippen molar-refractivity contribution in [2.75, 3.05) is 18.0 Å². The molecular formula is C15H14F3N3O2. The number of carboxylic acid groups (broad SMARTS) is 1. The summed E-state index contributed by atoms with van der Waals surface area (Å²) in [4.78, 5) is 20.3. The number of halogens is 3. The van der Waals surface area contributed by atoms with Crippen LogP contribution < -0.4 is 4.90 Å². The van der Waals surface area contributed by atoms with Crippen LogP contribution in [0.2, 0.25) is 0 Å². The van der Waals surface area contributed by atoms with Gasteiger partial charge in [0.05, 0.1) is 17.0 Å². The maximum Gasteiger partial charge on any atom is 0.437 e. The van der Waals surface area contributed by atoms with Gasteiger partial charge in [-0.3, -0.25) is 4.79 Å². The molecule has 1 aromatic heterocycles. The minimum absolute atomic E-state index is 0.184. The standard InChI is InChI=1S/C15H14F3N3O2/c16-15(17,18)12-13(20-11-4-2-1-3-10(11)19-12)21-7-5-9(6-8-21)14(22)23/h1-4,9H,5-8H2,(H,22,23). The van der Waals surface area contributed by atoms with E-state index in [0.717, 1.165) is 0 Å². The van der Waals surface area contributed by atoms with E-state index >= 15 is 0 Å². The fraction of sp³-hybridized carbons (Fsp3) is 0.400. The van der Waals surface area contributed by atoms with Crippen molar-refractivity contribution in [2.24, 2.45) is 5.92 Å². The molecule has 1 aliphatic rings. The first-order chi connectivity index (χ1) is 10.9. The molecule has 0 spiro atoms. The van der Waals surface area contributed by atoms with Gasteiger partial charge in [-0.2, -0.15) is 13.2 Å². The van der Waals surface area contributed by atoms with Gasteiger partial charge in [-0.05, 0) is 25.0 Å². The third-order valence-electron chi connectivity index (χ3n) is 3.96. The van der Waals surface area contributed by atoms with E-state index in [1.165, 1.54) is 11.0 Å². The summed E-state index contributed by atoms with van der Waals surface area (Å²) in [6.07, 6.45) is -4.03. The van der Waals surface area contributed by atoms with Crippen LogP contribution in [0.15, 0.2) is 24.3 Å². The Hall–Kier alpha value is -2.38. The van der Waals surface area contributed by atoms with Gasteiger partial charge in [0, 0.05) is 13.1 Å². The minimum Gasteiger partial charge on any atom is -0.481 e. The van der Waals surface area contributed by atoms with Crippen LogP contribution in [-0.2, 0) is 11.0 Å². The third-order valence-corrected chi connectivity index (χ3v) is 3.96. The average molecular weight is 325 g/mol. The summed E-state index contributed by atoms with van der Waals surface area (Å²) < 4.78 is 39.9. The first-order valence-corrected chi connectivity index (χ1v) is 7.18.